The predicted octanol–water partition coefficient (Wildman–Crippen LogP) is 2.76. The van der Waals surface area contributed by atoms with E-state index in [-0.39, 0.29) is 44.4 Å². The number of carbonyl (C=O) groups is 4. The molecule has 0 spiro atoms. The van der Waals surface area contributed by atoms with E-state index in [0.29, 0.717) is 23.9 Å². The minimum absolute atomic E-state index is 0.00926. The molecule has 0 heterocycles. The lowest BCUT2D eigenvalue weighted by Crippen LogP contribution is -2.51. The number of rotatable bonds is 14. The Labute approximate surface area is 229 Å². The van der Waals surface area contributed by atoms with Crippen molar-refractivity contribution in [2.75, 3.05) is 26.7 Å². The average Bonchev–Trinajstić information content (AvgIpc) is 2.89. The summed E-state index contributed by atoms with van der Waals surface area (Å²) in [6.45, 7) is 1.85. The van der Waals surface area contributed by atoms with Crippen molar-refractivity contribution in [3.8, 4) is 0 Å². The maximum absolute atomic E-state index is 13.2. The summed E-state index contributed by atoms with van der Waals surface area (Å²) in [5.41, 5.74) is 0.725. The van der Waals surface area contributed by atoms with Gasteiger partial charge in [-0.2, -0.15) is 0 Å². The van der Waals surface area contributed by atoms with Gasteiger partial charge < -0.3 is 30.7 Å². The Balaban J connectivity index is 1.93. The smallest absolute Gasteiger partial charge is 0.408 e. The Hall–Kier alpha value is -2.85. The number of hydrogen-bond donors (Lipinski definition) is 4. The van der Waals surface area contributed by atoms with Gasteiger partial charge in [-0.15, -0.1) is 0 Å². The van der Waals surface area contributed by atoms with Gasteiger partial charge in [0.05, 0.1) is 19.2 Å². The largest absolute Gasteiger partial charge is 0.445 e. The fourth-order valence-electron chi connectivity index (χ4n) is 4.50. The first-order valence-corrected chi connectivity index (χ1v) is 13.7. The SMILES string of the molecule is CCNC(=O)CN(C)C(=O)CC[C@@H](CO)NC(=O)[C@H](CC1CCCCC1)NC(=O)OCc1cccc(Cl)c1. The van der Waals surface area contributed by atoms with Crippen molar-refractivity contribution in [3.63, 3.8) is 0 Å². The highest BCUT2D eigenvalue weighted by molar-refractivity contribution is 6.30. The Kier molecular flexibility index (Phi) is 13.9. The highest BCUT2D eigenvalue weighted by Gasteiger charge is 2.28. The number of alkyl carbamates (subject to hydrolysis) is 1. The molecule has 0 aliphatic heterocycles. The molecule has 1 aromatic carbocycles. The zero-order valence-corrected chi connectivity index (χ0v) is 23.1. The van der Waals surface area contributed by atoms with Crippen LogP contribution in [0.3, 0.4) is 0 Å². The summed E-state index contributed by atoms with van der Waals surface area (Å²) in [4.78, 5) is 51.2. The number of aliphatic hydroxyl groups is 1. The number of hydrogen-bond acceptors (Lipinski definition) is 6. The summed E-state index contributed by atoms with van der Waals surface area (Å²) in [5.74, 6) is -0.665. The molecule has 2 rings (SSSR count). The predicted molar refractivity (Wildman–Crippen MR) is 144 cm³/mol. The maximum Gasteiger partial charge on any atom is 0.408 e. The van der Waals surface area contributed by atoms with Gasteiger partial charge in [-0.3, -0.25) is 14.4 Å². The van der Waals surface area contributed by atoms with E-state index in [1.807, 2.05) is 0 Å². The van der Waals surface area contributed by atoms with Crippen molar-refractivity contribution in [2.24, 2.45) is 5.92 Å². The molecule has 4 N–H and O–H groups in total. The molecule has 38 heavy (non-hydrogen) atoms. The van der Waals surface area contributed by atoms with Gasteiger partial charge in [0, 0.05) is 25.0 Å². The molecule has 0 aromatic heterocycles. The van der Waals surface area contributed by atoms with Crippen molar-refractivity contribution in [1.29, 1.82) is 0 Å². The van der Waals surface area contributed by atoms with Gasteiger partial charge in [0.25, 0.3) is 0 Å². The lowest BCUT2D eigenvalue weighted by molar-refractivity contribution is -0.135. The molecule has 1 saturated carbocycles. The van der Waals surface area contributed by atoms with E-state index in [9.17, 15) is 24.3 Å². The second-order valence-electron chi connectivity index (χ2n) is 9.77. The van der Waals surface area contributed by atoms with Crippen molar-refractivity contribution < 1.29 is 29.0 Å². The lowest BCUT2D eigenvalue weighted by atomic mass is 9.84. The maximum atomic E-state index is 13.2. The number of benzene rings is 1. The van der Waals surface area contributed by atoms with Gasteiger partial charge in [-0.25, -0.2) is 4.79 Å². The van der Waals surface area contributed by atoms with Crippen molar-refractivity contribution in [1.82, 2.24) is 20.9 Å². The van der Waals surface area contributed by atoms with Crippen molar-refractivity contribution in [3.05, 3.63) is 34.9 Å². The number of ether oxygens (including phenoxy) is 1. The number of nitrogens with zero attached hydrogens (tertiary/aromatic N) is 1. The molecule has 1 fully saturated rings. The van der Waals surface area contributed by atoms with Gasteiger partial charge in [0.15, 0.2) is 0 Å². The van der Waals surface area contributed by atoms with Crippen LogP contribution in [0.15, 0.2) is 24.3 Å². The van der Waals surface area contributed by atoms with Crippen LogP contribution in [0.25, 0.3) is 0 Å². The number of nitrogens with one attached hydrogen (secondary N) is 3. The number of amides is 4. The van der Waals surface area contributed by atoms with E-state index in [0.717, 1.165) is 37.7 Å². The van der Waals surface area contributed by atoms with Crippen LogP contribution in [0.5, 0.6) is 0 Å². The zero-order chi connectivity index (χ0) is 27.9. The molecule has 0 saturated heterocycles. The number of aliphatic hydroxyl groups excluding tert-OH is 1. The molecule has 0 radical (unpaired) electrons. The summed E-state index contributed by atoms with van der Waals surface area (Å²) in [5, 5.41) is 18.5. The summed E-state index contributed by atoms with van der Waals surface area (Å²) in [7, 11) is 1.53. The molecular weight excluding hydrogens is 512 g/mol. The quantitative estimate of drug-likeness (QED) is 0.280. The summed E-state index contributed by atoms with van der Waals surface area (Å²) in [6.07, 6.45) is 5.29. The van der Waals surface area contributed by atoms with Crippen LogP contribution in [0, 0.1) is 5.92 Å². The first kappa shape index (κ1) is 31.4. The van der Waals surface area contributed by atoms with Crippen LogP contribution in [0.4, 0.5) is 4.79 Å². The second-order valence-corrected chi connectivity index (χ2v) is 10.2. The Morgan fingerprint density at radius 2 is 1.89 bits per heavy atom. The van der Waals surface area contributed by atoms with Gasteiger partial charge in [0.1, 0.15) is 12.6 Å². The molecular formula is C27H41ClN4O6. The molecule has 2 atom stereocenters. The number of halogens is 1. The Morgan fingerprint density at radius 3 is 2.55 bits per heavy atom. The summed E-state index contributed by atoms with van der Waals surface area (Å²) >= 11 is 5.98. The minimum atomic E-state index is -0.838. The molecule has 4 amide bonds. The first-order chi connectivity index (χ1) is 18.2. The lowest BCUT2D eigenvalue weighted by Gasteiger charge is -2.28. The van der Waals surface area contributed by atoms with Crippen LogP contribution >= 0.6 is 11.6 Å². The standard InChI is InChI=1S/C27H41ClN4O6/c1-3-29-24(34)16-32(2)25(35)13-12-22(17-33)30-26(36)23(15-19-8-5-4-6-9-19)31-27(37)38-18-20-10-7-11-21(28)14-20/h7,10-11,14,19,22-23,33H,3-6,8-9,12-13,15-18H2,1-2H3,(H,29,34)(H,30,36)(H,31,37)/t22-,23-/m0/s1. The van der Waals surface area contributed by atoms with E-state index in [4.69, 9.17) is 16.3 Å². The van der Waals surface area contributed by atoms with Gasteiger partial charge in [-0.1, -0.05) is 55.8 Å². The van der Waals surface area contributed by atoms with Crippen LogP contribution in [-0.2, 0) is 25.7 Å². The zero-order valence-electron chi connectivity index (χ0n) is 22.3. The normalized spacial score (nSPS) is 15.2. The van der Waals surface area contributed by atoms with Crippen LogP contribution < -0.4 is 16.0 Å². The molecule has 11 heteroatoms. The molecule has 10 nitrogen and oxygen atoms in total. The molecule has 0 unspecified atom stereocenters. The monoisotopic (exact) mass is 552 g/mol. The molecule has 1 aromatic rings. The fraction of sp³-hybridized carbons (Fsp3) is 0.630. The van der Waals surface area contributed by atoms with Crippen LogP contribution in [-0.4, -0.2) is 72.6 Å². The highest BCUT2D eigenvalue weighted by Crippen LogP contribution is 2.27. The van der Waals surface area contributed by atoms with E-state index < -0.39 is 24.1 Å². The topological polar surface area (TPSA) is 137 Å². The number of likely N-dealkylation sites (N-methyl/N-ethyl adjacent to an activating group) is 2. The van der Waals surface area contributed by atoms with Crippen molar-refractivity contribution >= 4 is 35.4 Å². The van der Waals surface area contributed by atoms with Crippen LogP contribution in [0.1, 0.15) is 63.9 Å². The summed E-state index contributed by atoms with van der Waals surface area (Å²) < 4.78 is 5.32. The fourth-order valence-corrected chi connectivity index (χ4v) is 4.72. The van der Waals surface area contributed by atoms with E-state index in [1.165, 1.54) is 11.9 Å². The minimum Gasteiger partial charge on any atom is -0.445 e. The average molecular weight is 553 g/mol. The molecule has 1 aliphatic carbocycles. The molecule has 212 valence electrons. The van der Waals surface area contributed by atoms with E-state index >= 15 is 0 Å². The van der Waals surface area contributed by atoms with E-state index in [1.54, 1.807) is 31.2 Å². The van der Waals surface area contributed by atoms with Crippen molar-refractivity contribution in [2.45, 2.75) is 77.0 Å². The van der Waals surface area contributed by atoms with E-state index in [2.05, 4.69) is 16.0 Å². The first-order valence-electron chi connectivity index (χ1n) is 13.3. The van der Waals surface area contributed by atoms with Gasteiger partial charge in [-0.05, 0) is 43.4 Å². The second kappa shape index (κ2) is 16.9. The third-order valence-corrected chi connectivity index (χ3v) is 6.85. The third-order valence-electron chi connectivity index (χ3n) is 6.62. The third kappa shape index (κ3) is 11.7. The van der Waals surface area contributed by atoms with Crippen LogP contribution in [0.2, 0.25) is 5.02 Å². The van der Waals surface area contributed by atoms with Gasteiger partial charge in [0.2, 0.25) is 17.7 Å². The Bertz CT molecular complexity index is 925. The summed E-state index contributed by atoms with van der Waals surface area (Å²) in [6, 6.07) is 5.45. The molecule has 0 bridgehead atoms. The Morgan fingerprint density at radius 1 is 1.16 bits per heavy atom. The highest BCUT2D eigenvalue weighted by atomic mass is 35.5. The van der Waals surface area contributed by atoms with Gasteiger partial charge >= 0.3 is 6.09 Å². The molecule has 1 aliphatic rings. The number of carbonyl (C=O) groups excluding carboxylic acids is 4.